The largest absolute Gasteiger partial charge is 0.542 e. The summed E-state index contributed by atoms with van der Waals surface area (Å²) in [6, 6.07) is 0. The normalized spacial score (nSPS) is 2.83. The van der Waals surface area contributed by atoms with Crippen LogP contribution in [0.1, 0.15) is 6.92 Å². The van der Waals surface area contributed by atoms with Crippen molar-refractivity contribution in [2.45, 2.75) is 6.92 Å². The zero-order valence-corrected chi connectivity index (χ0v) is 6.61. The molecule has 0 aromatic rings. The fourth-order valence-electron chi connectivity index (χ4n) is 0. The Morgan fingerprint density at radius 2 is 1.67 bits per heavy atom. The second-order valence-corrected chi connectivity index (χ2v) is 0.204. The average Bonchev–Trinajstić information content (AvgIpc) is 1.46. The molecule has 0 fully saturated rings. The summed E-state index contributed by atoms with van der Waals surface area (Å²) < 4.78 is 0. The molecule has 0 saturated carbocycles. The molecule has 33 valence electrons. The van der Waals surface area contributed by atoms with Gasteiger partial charge in [-0.1, -0.05) is 0 Å². The Kier molecular flexibility index (Phi) is 131. The van der Waals surface area contributed by atoms with Gasteiger partial charge in [-0.15, -0.1) is 0 Å². The van der Waals surface area contributed by atoms with Gasteiger partial charge in [-0.05, 0) is 0 Å². The van der Waals surface area contributed by atoms with Crippen LogP contribution in [0.4, 0.5) is 0 Å². The molecule has 0 unspecified atom stereocenters. The van der Waals surface area contributed by atoms with E-state index in [1.165, 1.54) is 13.2 Å². The molecule has 0 bridgehead atoms. The van der Waals surface area contributed by atoms with Crippen LogP contribution in [0.5, 0.6) is 0 Å². The SMILES string of the molecule is C[C-]=O.[CH-]=C.[Y]. The van der Waals surface area contributed by atoms with Gasteiger partial charge in [-0.25, -0.2) is 0 Å². The first kappa shape index (κ1) is 16.0. The molecule has 0 saturated heterocycles. The molecule has 6 heavy (non-hydrogen) atoms. The maximum Gasteiger partial charge on any atom is 0 e. The van der Waals surface area contributed by atoms with E-state index in [2.05, 4.69) is 13.2 Å². The smallest absolute Gasteiger partial charge is 0 e. The van der Waals surface area contributed by atoms with Gasteiger partial charge in [0.2, 0.25) is 0 Å². The van der Waals surface area contributed by atoms with Crippen molar-refractivity contribution in [1.82, 2.24) is 0 Å². The van der Waals surface area contributed by atoms with Crippen LogP contribution in [0.3, 0.4) is 0 Å². The van der Waals surface area contributed by atoms with Gasteiger partial charge < -0.3 is 11.4 Å². The van der Waals surface area contributed by atoms with Crippen LogP contribution < -0.4 is 0 Å². The summed E-state index contributed by atoms with van der Waals surface area (Å²) in [5.41, 5.74) is 0. The van der Waals surface area contributed by atoms with E-state index in [1.807, 2.05) is 0 Å². The van der Waals surface area contributed by atoms with Gasteiger partial charge in [-0.3, -0.25) is 12.9 Å². The summed E-state index contributed by atoms with van der Waals surface area (Å²) in [6.45, 7) is 8.32. The Hall–Kier alpha value is 0.514. The number of rotatable bonds is 0. The molecular formula is C4H6OY-2. The van der Waals surface area contributed by atoms with Crippen molar-refractivity contribution in [2.75, 3.05) is 0 Å². The van der Waals surface area contributed by atoms with Gasteiger partial charge in [0.05, 0.1) is 0 Å². The molecule has 0 rings (SSSR count). The van der Waals surface area contributed by atoms with E-state index in [0.29, 0.717) is 0 Å². The quantitative estimate of drug-likeness (QED) is 0.476. The summed E-state index contributed by atoms with van der Waals surface area (Å²) >= 11 is 0. The second-order valence-electron chi connectivity index (χ2n) is 0.204. The van der Waals surface area contributed by atoms with Crippen molar-refractivity contribution >= 4 is 6.29 Å². The van der Waals surface area contributed by atoms with Crippen molar-refractivity contribution in [3.63, 3.8) is 0 Å². The Balaban J connectivity index is -0.0000000275. The first-order valence-corrected chi connectivity index (χ1v) is 1.11. The third-order valence-electron chi connectivity index (χ3n) is 0. The maximum atomic E-state index is 8.68. The van der Waals surface area contributed by atoms with Crippen LogP contribution in [0.15, 0.2) is 6.58 Å². The summed E-state index contributed by atoms with van der Waals surface area (Å²) in [5.74, 6) is 0. The second kappa shape index (κ2) is 49.0. The molecule has 1 nitrogen and oxygen atoms in total. The van der Waals surface area contributed by atoms with Crippen LogP contribution in [-0.4, -0.2) is 6.29 Å². The average molecular weight is 159 g/mol. The Bertz CT molecular complexity index is 21.5. The fraction of sp³-hybridized carbons (Fsp3) is 0.250. The van der Waals surface area contributed by atoms with Gasteiger partial charge in [0.15, 0.2) is 0 Å². The Morgan fingerprint density at radius 3 is 1.67 bits per heavy atom. The minimum Gasteiger partial charge on any atom is -0.542 e. The molecule has 1 radical (unpaired) electrons. The van der Waals surface area contributed by atoms with Gasteiger partial charge in [0.25, 0.3) is 0 Å². The molecule has 0 aromatic carbocycles. The molecule has 0 amide bonds. The minimum absolute atomic E-state index is 0. The number of hydrogen-bond donors (Lipinski definition) is 0. The molecule has 0 heterocycles. The standard InChI is InChI=1S/C2H3O.C2H3.Y/c1-2-3;1-2;/h1H3;1H,2H2;/q2*-1;. The molecule has 0 aromatic heterocycles. The molecule has 0 aliphatic rings. The van der Waals surface area contributed by atoms with Crippen LogP contribution >= 0.6 is 0 Å². The van der Waals surface area contributed by atoms with Crippen LogP contribution in [0, 0.1) is 6.58 Å². The molecule has 0 spiro atoms. The van der Waals surface area contributed by atoms with E-state index in [1.54, 1.807) is 0 Å². The Labute approximate surface area is 63.7 Å². The van der Waals surface area contributed by atoms with Gasteiger partial charge in [-0.2, -0.15) is 6.92 Å². The third-order valence-corrected chi connectivity index (χ3v) is 0. The van der Waals surface area contributed by atoms with E-state index in [9.17, 15) is 0 Å². The van der Waals surface area contributed by atoms with E-state index < -0.39 is 0 Å². The van der Waals surface area contributed by atoms with Crippen molar-refractivity contribution in [1.29, 1.82) is 0 Å². The summed E-state index contributed by atoms with van der Waals surface area (Å²) in [4.78, 5) is 8.68. The zero-order chi connectivity index (χ0) is 4.71. The predicted octanol–water partition coefficient (Wildman–Crippen LogP) is 0.719. The van der Waals surface area contributed by atoms with Crippen LogP contribution in [0.2, 0.25) is 0 Å². The van der Waals surface area contributed by atoms with E-state index in [-0.39, 0.29) is 32.7 Å². The summed E-state index contributed by atoms with van der Waals surface area (Å²) in [6.07, 6.45) is 1.50. The van der Waals surface area contributed by atoms with E-state index in [4.69, 9.17) is 4.79 Å². The van der Waals surface area contributed by atoms with Crippen molar-refractivity contribution in [3.8, 4) is 0 Å². The molecular weight excluding hydrogens is 153 g/mol. The zero-order valence-electron chi connectivity index (χ0n) is 3.77. The minimum atomic E-state index is 0. The summed E-state index contributed by atoms with van der Waals surface area (Å²) in [7, 11) is 0. The van der Waals surface area contributed by atoms with Crippen molar-refractivity contribution in [3.05, 3.63) is 13.2 Å². The molecule has 0 atom stereocenters. The van der Waals surface area contributed by atoms with Crippen molar-refractivity contribution in [2.24, 2.45) is 0 Å². The number of hydrogen-bond acceptors (Lipinski definition) is 1. The van der Waals surface area contributed by atoms with Gasteiger partial charge in [0.1, 0.15) is 0 Å². The van der Waals surface area contributed by atoms with E-state index >= 15 is 0 Å². The molecule has 2 heteroatoms. The number of carbonyl (C=O) groups excluding carboxylic acids is 1. The summed E-state index contributed by atoms with van der Waals surface area (Å²) in [5, 5.41) is 0. The first-order valence-electron chi connectivity index (χ1n) is 1.11. The fourth-order valence-corrected chi connectivity index (χ4v) is 0. The van der Waals surface area contributed by atoms with E-state index in [0.717, 1.165) is 0 Å². The first-order chi connectivity index (χ1) is 2.41. The molecule has 0 aliphatic heterocycles. The van der Waals surface area contributed by atoms with Gasteiger partial charge >= 0.3 is 0 Å². The topological polar surface area (TPSA) is 17.1 Å². The Morgan fingerprint density at radius 1 is 1.67 bits per heavy atom. The molecule has 0 N–H and O–H groups in total. The predicted molar refractivity (Wildman–Crippen MR) is 21.3 cm³/mol. The van der Waals surface area contributed by atoms with Gasteiger partial charge in [0, 0.05) is 32.7 Å². The monoisotopic (exact) mass is 159 g/mol. The van der Waals surface area contributed by atoms with Crippen molar-refractivity contribution < 1.29 is 37.5 Å². The maximum absolute atomic E-state index is 8.68. The molecule has 0 aliphatic carbocycles. The van der Waals surface area contributed by atoms with Crippen LogP contribution in [-0.2, 0) is 37.5 Å². The van der Waals surface area contributed by atoms with Crippen LogP contribution in [0.25, 0.3) is 0 Å². The third kappa shape index (κ3) is 211.